The van der Waals surface area contributed by atoms with E-state index >= 15 is 0 Å². The summed E-state index contributed by atoms with van der Waals surface area (Å²) < 4.78 is 1.87. The number of carbonyl (C=O) groups excluding carboxylic acids is 1. The van der Waals surface area contributed by atoms with Crippen molar-refractivity contribution in [2.24, 2.45) is 0 Å². The Hall–Kier alpha value is -1.83. The van der Waals surface area contributed by atoms with Crippen LogP contribution in [0.5, 0.6) is 0 Å². The van der Waals surface area contributed by atoms with Crippen molar-refractivity contribution in [3.63, 3.8) is 0 Å². The molecule has 2 aliphatic heterocycles. The lowest BCUT2D eigenvalue weighted by atomic mass is 10.1. The number of piperazine rings is 1. The molecule has 0 unspecified atom stereocenters. The molecule has 2 saturated heterocycles. The second kappa shape index (κ2) is 10.1. The summed E-state index contributed by atoms with van der Waals surface area (Å²) in [6.07, 6.45) is 3.89. The molecule has 0 spiro atoms. The van der Waals surface area contributed by atoms with E-state index in [1.165, 1.54) is 11.3 Å². The summed E-state index contributed by atoms with van der Waals surface area (Å²) in [5.74, 6) is -0.00498. The highest BCUT2D eigenvalue weighted by atomic mass is 35.5. The molecular weight excluding hydrogens is 399 g/mol. The Labute approximate surface area is 178 Å². The van der Waals surface area contributed by atoms with E-state index in [9.17, 15) is 4.79 Å². The summed E-state index contributed by atoms with van der Waals surface area (Å²) in [5.41, 5.74) is 3.00. The van der Waals surface area contributed by atoms with E-state index in [0.29, 0.717) is 24.8 Å². The van der Waals surface area contributed by atoms with Gasteiger partial charge in [-0.3, -0.25) is 4.79 Å². The van der Waals surface area contributed by atoms with Crippen molar-refractivity contribution in [3.05, 3.63) is 41.7 Å². The van der Waals surface area contributed by atoms with E-state index in [1.807, 2.05) is 15.8 Å². The molecule has 0 bridgehead atoms. The van der Waals surface area contributed by atoms with Gasteiger partial charge in [0, 0.05) is 31.9 Å². The van der Waals surface area contributed by atoms with Crippen LogP contribution in [0.2, 0.25) is 0 Å². The first-order valence-corrected chi connectivity index (χ1v) is 9.45. The summed E-state index contributed by atoms with van der Waals surface area (Å²) in [4.78, 5) is 17.0. The number of piperidine rings is 1. The van der Waals surface area contributed by atoms with Gasteiger partial charge in [-0.25, -0.2) is 4.68 Å². The van der Waals surface area contributed by atoms with E-state index in [1.54, 1.807) is 0 Å². The van der Waals surface area contributed by atoms with Crippen molar-refractivity contribution in [2.75, 3.05) is 44.2 Å². The van der Waals surface area contributed by atoms with E-state index in [0.717, 1.165) is 39.0 Å². The number of anilines is 1. The molecular formula is C19H28Cl2N6O. The largest absolute Gasteiger partial charge is 0.368 e. The molecule has 1 amide bonds. The number of amides is 1. The van der Waals surface area contributed by atoms with Crippen LogP contribution in [-0.4, -0.2) is 65.1 Å². The smallest absolute Gasteiger partial charge is 0.276 e. The van der Waals surface area contributed by atoms with Crippen LogP contribution in [0.15, 0.2) is 30.5 Å². The van der Waals surface area contributed by atoms with Gasteiger partial charge in [-0.2, -0.15) is 0 Å². The van der Waals surface area contributed by atoms with Crippen LogP contribution >= 0.6 is 24.8 Å². The molecule has 0 aliphatic carbocycles. The lowest BCUT2D eigenvalue weighted by Gasteiger charge is -2.36. The zero-order chi connectivity index (χ0) is 17.9. The molecule has 2 aliphatic rings. The van der Waals surface area contributed by atoms with Crippen LogP contribution in [0.1, 0.15) is 34.9 Å². The summed E-state index contributed by atoms with van der Waals surface area (Å²) >= 11 is 0. The number of nitrogens with zero attached hydrogens (tertiary/aromatic N) is 5. The zero-order valence-corrected chi connectivity index (χ0v) is 17.7. The van der Waals surface area contributed by atoms with Crippen molar-refractivity contribution >= 4 is 36.4 Å². The monoisotopic (exact) mass is 426 g/mol. The average Bonchev–Trinajstić information content (AvgIpc) is 3.19. The fourth-order valence-corrected chi connectivity index (χ4v) is 3.86. The van der Waals surface area contributed by atoms with Crippen LogP contribution in [-0.2, 0) is 0 Å². The Kier molecular flexibility index (Phi) is 8.10. The number of hydrogen-bond donors (Lipinski definition) is 1. The van der Waals surface area contributed by atoms with Gasteiger partial charge >= 0.3 is 0 Å². The van der Waals surface area contributed by atoms with Crippen molar-refractivity contribution < 1.29 is 4.79 Å². The van der Waals surface area contributed by atoms with Crippen molar-refractivity contribution in [3.8, 4) is 0 Å². The van der Waals surface area contributed by atoms with Crippen LogP contribution in [0.25, 0.3) is 0 Å². The van der Waals surface area contributed by atoms with Crippen molar-refractivity contribution in [1.82, 2.24) is 25.2 Å². The SMILES string of the molecule is Cc1ccccc1N1CCN(C(=O)c2cn(C3CCNCC3)nn2)CC1.Cl.Cl. The minimum Gasteiger partial charge on any atom is -0.368 e. The van der Waals surface area contributed by atoms with E-state index in [2.05, 4.69) is 51.7 Å². The molecule has 0 saturated carbocycles. The van der Waals surface area contributed by atoms with Crippen LogP contribution < -0.4 is 10.2 Å². The molecule has 0 atom stereocenters. The lowest BCUT2D eigenvalue weighted by molar-refractivity contribution is 0.0740. The maximum atomic E-state index is 12.8. The molecule has 0 radical (unpaired) electrons. The quantitative estimate of drug-likeness (QED) is 0.815. The number of nitrogens with one attached hydrogen (secondary N) is 1. The van der Waals surface area contributed by atoms with Gasteiger partial charge in [0.1, 0.15) is 0 Å². The topological polar surface area (TPSA) is 66.3 Å². The van der Waals surface area contributed by atoms with Crippen LogP contribution in [0.3, 0.4) is 0 Å². The molecule has 4 rings (SSSR count). The highest BCUT2D eigenvalue weighted by Gasteiger charge is 2.26. The number of benzene rings is 1. The second-order valence-electron chi connectivity index (χ2n) is 7.13. The van der Waals surface area contributed by atoms with Crippen molar-refractivity contribution in [2.45, 2.75) is 25.8 Å². The second-order valence-corrected chi connectivity index (χ2v) is 7.13. The molecule has 1 N–H and O–H groups in total. The highest BCUT2D eigenvalue weighted by Crippen LogP contribution is 2.22. The minimum atomic E-state index is -0.00498. The summed E-state index contributed by atoms with van der Waals surface area (Å²) in [7, 11) is 0. The average molecular weight is 427 g/mol. The van der Waals surface area contributed by atoms with E-state index < -0.39 is 0 Å². The number of para-hydroxylation sites is 1. The number of carbonyl (C=O) groups is 1. The first-order chi connectivity index (χ1) is 12.7. The number of halogens is 2. The Morgan fingerprint density at radius 2 is 1.75 bits per heavy atom. The first-order valence-electron chi connectivity index (χ1n) is 9.45. The van der Waals surface area contributed by atoms with Gasteiger partial charge in [0.15, 0.2) is 5.69 Å². The molecule has 28 heavy (non-hydrogen) atoms. The predicted molar refractivity (Wildman–Crippen MR) is 115 cm³/mol. The summed E-state index contributed by atoms with van der Waals surface area (Å²) in [5, 5.41) is 11.7. The number of rotatable bonds is 3. The van der Waals surface area contributed by atoms with Crippen molar-refractivity contribution in [1.29, 1.82) is 0 Å². The van der Waals surface area contributed by atoms with Gasteiger partial charge in [0.25, 0.3) is 5.91 Å². The van der Waals surface area contributed by atoms with Crippen LogP contribution in [0, 0.1) is 6.92 Å². The zero-order valence-electron chi connectivity index (χ0n) is 16.1. The van der Waals surface area contributed by atoms with Gasteiger partial charge in [-0.05, 0) is 44.5 Å². The molecule has 1 aromatic heterocycles. The fraction of sp³-hybridized carbons (Fsp3) is 0.526. The third-order valence-electron chi connectivity index (χ3n) is 5.44. The normalized spacial score (nSPS) is 17.6. The molecule has 3 heterocycles. The highest BCUT2D eigenvalue weighted by molar-refractivity contribution is 5.92. The number of aryl methyl sites for hydroxylation is 1. The summed E-state index contributed by atoms with van der Waals surface area (Å²) in [6, 6.07) is 8.76. The van der Waals surface area contributed by atoms with E-state index in [4.69, 9.17) is 0 Å². The molecule has 2 aromatic rings. The lowest BCUT2D eigenvalue weighted by Crippen LogP contribution is -2.49. The van der Waals surface area contributed by atoms with Gasteiger partial charge in [0.2, 0.25) is 0 Å². The summed E-state index contributed by atoms with van der Waals surface area (Å²) in [6.45, 7) is 7.24. The Morgan fingerprint density at radius 3 is 2.43 bits per heavy atom. The van der Waals surface area contributed by atoms with Gasteiger partial charge in [-0.1, -0.05) is 23.4 Å². The molecule has 9 heteroatoms. The Morgan fingerprint density at radius 1 is 1.07 bits per heavy atom. The number of hydrogen-bond acceptors (Lipinski definition) is 5. The van der Waals surface area contributed by atoms with Gasteiger partial charge in [0.05, 0.1) is 12.2 Å². The maximum Gasteiger partial charge on any atom is 0.276 e. The van der Waals surface area contributed by atoms with Gasteiger partial charge < -0.3 is 15.1 Å². The van der Waals surface area contributed by atoms with E-state index in [-0.39, 0.29) is 30.7 Å². The third-order valence-corrected chi connectivity index (χ3v) is 5.44. The predicted octanol–water partition coefficient (Wildman–Crippen LogP) is 2.32. The minimum absolute atomic E-state index is 0. The first kappa shape index (κ1) is 22.5. The molecule has 2 fully saturated rings. The fourth-order valence-electron chi connectivity index (χ4n) is 3.86. The number of aromatic nitrogens is 3. The molecule has 154 valence electrons. The third kappa shape index (κ3) is 4.77. The maximum absolute atomic E-state index is 12.8. The van der Waals surface area contributed by atoms with Crippen LogP contribution in [0.4, 0.5) is 5.69 Å². The molecule has 1 aromatic carbocycles. The van der Waals surface area contributed by atoms with Gasteiger partial charge in [-0.15, -0.1) is 29.9 Å². The standard InChI is InChI=1S/C19H26N6O.2ClH/c1-15-4-2-3-5-18(15)23-10-12-24(13-11-23)19(26)17-14-25(22-21-17)16-6-8-20-9-7-16;;/h2-5,14,16,20H,6-13H2,1H3;2*1H. The Balaban J connectivity index is 0.00000140. The molecule has 7 nitrogen and oxygen atoms in total. The Bertz CT molecular complexity index is 769.